The number of likely N-dealkylation sites (tertiary alicyclic amines) is 1. The molecule has 8 heteroatoms. The lowest BCUT2D eigenvalue weighted by Crippen LogP contribution is -2.55. The number of carboxylic acids is 1. The summed E-state index contributed by atoms with van der Waals surface area (Å²) in [5.41, 5.74) is 0. The lowest BCUT2D eigenvalue weighted by atomic mass is 9.98. The summed E-state index contributed by atoms with van der Waals surface area (Å²) >= 11 is 0. The van der Waals surface area contributed by atoms with E-state index in [4.69, 9.17) is 9.84 Å². The summed E-state index contributed by atoms with van der Waals surface area (Å²) in [6, 6.07) is -0.238. The minimum Gasteiger partial charge on any atom is -0.481 e. The molecule has 0 bridgehead atoms. The highest BCUT2D eigenvalue weighted by molar-refractivity contribution is 5.79. The SMILES string of the molecule is COC(=O)C1CN(C(=O)N2CCC[C@H](C(=O)O)C2)CCO1. The van der Waals surface area contributed by atoms with E-state index in [0.717, 1.165) is 0 Å². The number of hydrogen-bond acceptors (Lipinski definition) is 5. The standard InChI is InChI=1S/C13H20N2O6/c1-20-12(18)10-8-15(5-6-21-10)13(19)14-4-2-3-9(7-14)11(16)17/h9-10H,2-8H2,1H3,(H,16,17)/t9-,10?/m0/s1. The van der Waals surface area contributed by atoms with Crippen molar-refractivity contribution < 1.29 is 29.0 Å². The topological polar surface area (TPSA) is 96.4 Å². The summed E-state index contributed by atoms with van der Waals surface area (Å²) < 4.78 is 9.90. The molecule has 1 N–H and O–H groups in total. The molecule has 0 spiro atoms. The summed E-state index contributed by atoms with van der Waals surface area (Å²) in [6.07, 6.45) is 0.494. The molecule has 2 aliphatic rings. The summed E-state index contributed by atoms with van der Waals surface area (Å²) in [5.74, 6) is -1.89. The van der Waals surface area contributed by atoms with Gasteiger partial charge in [0.15, 0.2) is 6.10 Å². The molecule has 0 aliphatic carbocycles. The molecule has 0 aromatic heterocycles. The van der Waals surface area contributed by atoms with Crippen molar-refractivity contribution in [2.24, 2.45) is 5.92 Å². The zero-order valence-corrected chi connectivity index (χ0v) is 12.0. The molecule has 8 nitrogen and oxygen atoms in total. The van der Waals surface area contributed by atoms with E-state index in [1.54, 1.807) is 4.90 Å². The number of hydrogen-bond donors (Lipinski definition) is 1. The van der Waals surface area contributed by atoms with Crippen LogP contribution in [0.4, 0.5) is 4.79 Å². The molecule has 2 amide bonds. The van der Waals surface area contributed by atoms with Crippen molar-refractivity contribution in [3.8, 4) is 0 Å². The zero-order chi connectivity index (χ0) is 15.4. The van der Waals surface area contributed by atoms with Crippen LogP contribution in [0.25, 0.3) is 0 Å². The van der Waals surface area contributed by atoms with E-state index < -0.39 is 24.0 Å². The lowest BCUT2D eigenvalue weighted by Gasteiger charge is -2.38. The minimum absolute atomic E-state index is 0.139. The number of urea groups is 1. The Morgan fingerprint density at radius 2 is 1.90 bits per heavy atom. The number of carbonyl (C=O) groups is 3. The third-order valence-electron chi connectivity index (χ3n) is 3.84. The average Bonchev–Trinajstić information content (AvgIpc) is 2.53. The van der Waals surface area contributed by atoms with Gasteiger partial charge < -0.3 is 24.4 Å². The minimum atomic E-state index is -0.873. The number of amides is 2. The monoisotopic (exact) mass is 300 g/mol. The van der Waals surface area contributed by atoms with Crippen LogP contribution in [0.15, 0.2) is 0 Å². The van der Waals surface area contributed by atoms with E-state index in [2.05, 4.69) is 4.74 Å². The van der Waals surface area contributed by atoms with Crippen LogP contribution >= 0.6 is 0 Å². The van der Waals surface area contributed by atoms with Crippen molar-refractivity contribution in [2.45, 2.75) is 18.9 Å². The summed E-state index contributed by atoms with van der Waals surface area (Å²) in [5, 5.41) is 9.06. The quantitative estimate of drug-likeness (QED) is 0.708. The van der Waals surface area contributed by atoms with Crippen molar-refractivity contribution in [3.63, 3.8) is 0 Å². The van der Waals surface area contributed by atoms with Gasteiger partial charge in [0.2, 0.25) is 0 Å². The van der Waals surface area contributed by atoms with Gasteiger partial charge in [0.25, 0.3) is 0 Å². The summed E-state index contributed by atoms with van der Waals surface area (Å²) in [6.45, 7) is 1.55. The molecule has 2 saturated heterocycles. The molecule has 0 saturated carbocycles. The van der Waals surface area contributed by atoms with E-state index in [1.165, 1.54) is 12.0 Å². The van der Waals surface area contributed by atoms with Crippen LogP contribution in [-0.2, 0) is 19.1 Å². The highest BCUT2D eigenvalue weighted by atomic mass is 16.6. The van der Waals surface area contributed by atoms with Crippen LogP contribution in [0.1, 0.15) is 12.8 Å². The smallest absolute Gasteiger partial charge is 0.336 e. The number of piperidine rings is 1. The number of ether oxygens (including phenoxy) is 2. The molecule has 118 valence electrons. The lowest BCUT2D eigenvalue weighted by molar-refractivity contribution is -0.158. The molecule has 0 radical (unpaired) electrons. The molecule has 21 heavy (non-hydrogen) atoms. The first-order valence-electron chi connectivity index (χ1n) is 6.99. The van der Waals surface area contributed by atoms with E-state index >= 15 is 0 Å². The number of morpholine rings is 1. The predicted octanol–water partition coefficient (Wildman–Crippen LogP) is -0.223. The van der Waals surface area contributed by atoms with Crippen molar-refractivity contribution in [2.75, 3.05) is 39.9 Å². The normalized spacial score (nSPS) is 26.3. The molecule has 0 aromatic rings. The number of rotatable bonds is 2. The van der Waals surface area contributed by atoms with Gasteiger partial charge in [-0.05, 0) is 12.8 Å². The Bertz CT molecular complexity index is 427. The third-order valence-corrected chi connectivity index (χ3v) is 3.84. The van der Waals surface area contributed by atoms with Crippen LogP contribution in [0.2, 0.25) is 0 Å². The highest BCUT2D eigenvalue weighted by Gasteiger charge is 2.34. The van der Waals surface area contributed by atoms with Crippen LogP contribution in [0, 0.1) is 5.92 Å². The molecule has 2 heterocycles. The van der Waals surface area contributed by atoms with E-state index in [9.17, 15) is 14.4 Å². The largest absolute Gasteiger partial charge is 0.481 e. The average molecular weight is 300 g/mol. The third kappa shape index (κ3) is 3.63. The fraction of sp³-hybridized carbons (Fsp3) is 0.769. The van der Waals surface area contributed by atoms with Gasteiger partial charge in [0.05, 0.1) is 26.2 Å². The number of methoxy groups -OCH3 is 1. The maximum absolute atomic E-state index is 12.4. The van der Waals surface area contributed by atoms with Crippen molar-refractivity contribution in [1.82, 2.24) is 9.80 Å². The fourth-order valence-electron chi connectivity index (χ4n) is 2.65. The van der Waals surface area contributed by atoms with Gasteiger partial charge >= 0.3 is 18.0 Å². The van der Waals surface area contributed by atoms with Crippen LogP contribution in [0.5, 0.6) is 0 Å². The molecule has 2 fully saturated rings. The van der Waals surface area contributed by atoms with Gasteiger partial charge in [-0.15, -0.1) is 0 Å². The van der Waals surface area contributed by atoms with Crippen molar-refractivity contribution >= 4 is 18.0 Å². The van der Waals surface area contributed by atoms with Crippen LogP contribution in [0.3, 0.4) is 0 Å². The Morgan fingerprint density at radius 3 is 2.57 bits per heavy atom. The zero-order valence-electron chi connectivity index (χ0n) is 12.0. The fourth-order valence-corrected chi connectivity index (χ4v) is 2.65. The van der Waals surface area contributed by atoms with Gasteiger partial charge in [0.1, 0.15) is 0 Å². The maximum atomic E-state index is 12.4. The molecular formula is C13H20N2O6. The second-order valence-corrected chi connectivity index (χ2v) is 5.23. The molecule has 1 unspecified atom stereocenters. The molecule has 2 aliphatic heterocycles. The Labute approximate surface area is 122 Å². The maximum Gasteiger partial charge on any atom is 0.336 e. The molecular weight excluding hydrogens is 280 g/mol. The second kappa shape index (κ2) is 6.75. The van der Waals surface area contributed by atoms with Gasteiger partial charge in [-0.3, -0.25) is 4.79 Å². The summed E-state index contributed by atoms with van der Waals surface area (Å²) in [7, 11) is 1.27. The van der Waals surface area contributed by atoms with E-state index in [-0.39, 0.29) is 25.7 Å². The first-order valence-corrected chi connectivity index (χ1v) is 6.99. The first kappa shape index (κ1) is 15.6. The van der Waals surface area contributed by atoms with E-state index in [1.807, 2.05) is 0 Å². The number of esters is 1. The Morgan fingerprint density at radius 1 is 1.19 bits per heavy atom. The Hall–Kier alpha value is -1.83. The molecule has 2 rings (SSSR count). The van der Waals surface area contributed by atoms with Gasteiger partial charge in [0, 0.05) is 19.6 Å². The first-order chi connectivity index (χ1) is 10.0. The summed E-state index contributed by atoms with van der Waals surface area (Å²) in [4.78, 5) is 38.0. The number of aliphatic carboxylic acids is 1. The molecule has 0 aromatic carbocycles. The number of carboxylic acid groups (broad SMARTS) is 1. The van der Waals surface area contributed by atoms with Crippen molar-refractivity contribution in [1.29, 1.82) is 0 Å². The van der Waals surface area contributed by atoms with Gasteiger partial charge in [-0.25, -0.2) is 9.59 Å². The number of nitrogens with zero attached hydrogens (tertiary/aromatic N) is 2. The van der Waals surface area contributed by atoms with Crippen molar-refractivity contribution in [3.05, 3.63) is 0 Å². The Kier molecular flexibility index (Phi) is 5.00. The predicted molar refractivity (Wildman–Crippen MR) is 70.7 cm³/mol. The second-order valence-electron chi connectivity index (χ2n) is 5.23. The van der Waals surface area contributed by atoms with E-state index in [0.29, 0.717) is 25.9 Å². The number of carbonyl (C=O) groups excluding carboxylic acids is 2. The Balaban J connectivity index is 1.95. The van der Waals surface area contributed by atoms with Gasteiger partial charge in [-0.2, -0.15) is 0 Å². The van der Waals surface area contributed by atoms with Crippen LogP contribution < -0.4 is 0 Å². The van der Waals surface area contributed by atoms with Gasteiger partial charge in [-0.1, -0.05) is 0 Å². The van der Waals surface area contributed by atoms with Crippen LogP contribution in [-0.4, -0.2) is 78.9 Å². The molecule has 2 atom stereocenters. The highest BCUT2D eigenvalue weighted by Crippen LogP contribution is 2.19.